The summed E-state index contributed by atoms with van der Waals surface area (Å²) in [5.74, 6) is -0.258. The van der Waals surface area contributed by atoms with Gasteiger partial charge >= 0.3 is 0 Å². The summed E-state index contributed by atoms with van der Waals surface area (Å²) in [7, 11) is 0. The van der Waals surface area contributed by atoms with Crippen molar-refractivity contribution >= 4 is 28.3 Å². The molecule has 5 heteroatoms. The zero-order valence-electron chi connectivity index (χ0n) is 8.25. The first-order valence-electron chi connectivity index (χ1n) is 4.55. The summed E-state index contributed by atoms with van der Waals surface area (Å²) in [5.41, 5.74) is 12.1. The molecule has 86 valence electrons. The summed E-state index contributed by atoms with van der Waals surface area (Å²) in [5, 5.41) is 0. The fraction of sp³-hybridized carbons (Fsp3) is 0.400. The zero-order valence-corrected chi connectivity index (χ0v) is 10.7. The van der Waals surface area contributed by atoms with Crippen LogP contribution in [0.1, 0.15) is 24.4 Å². The molecule has 1 aromatic rings. The third-order valence-corrected chi connectivity index (χ3v) is 2.80. The highest BCUT2D eigenvalue weighted by Gasteiger charge is 2.10. The summed E-state index contributed by atoms with van der Waals surface area (Å²) in [6.07, 6.45) is 1.63. The Morgan fingerprint density at radius 1 is 1.40 bits per heavy atom. The molecule has 0 heterocycles. The van der Waals surface area contributed by atoms with E-state index in [1.807, 2.05) is 0 Å². The molecule has 1 rings (SSSR count). The lowest BCUT2D eigenvalue weighted by atomic mass is 10.0. The van der Waals surface area contributed by atoms with Crippen LogP contribution in [-0.4, -0.2) is 6.54 Å². The van der Waals surface area contributed by atoms with Crippen LogP contribution in [0.15, 0.2) is 22.7 Å². The normalized spacial score (nSPS) is 12.0. The highest BCUT2D eigenvalue weighted by atomic mass is 79.9. The Labute approximate surface area is 104 Å². The van der Waals surface area contributed by atoms with E-state index in [4.69, 9.17) is 11.5 Å². The highest BCUT2D eigenvalue weighted by Crippen LogP contribution is 2.25. The van der Waals surface area contributed by atoms with E-state index >= 15 is 0 Å². The van der Waals surface area contributed by atoms with Gasteiger partial charge in [-0.3, -0.25) is 0 Å². The van der Waals surface area contributed by atoms with Gasteiger partial charge in [-0.25, -0.2) is 4.39 Å². The van der Waals surface area contributed by atoms with Gasteiger partial charge in [0.15, 0.2) is 0 Å². The molecule has 0 amide bonds. The lowest BCUT2D eigenvalue weighted by molar-refractivity contribution is 0.595. The number of hydrogen-bond donors (Lipinski definition) is 2. The van der Waals surface area contributed by atoms with Gasteiger partial charge < -0.3 is 11.5 Å². The fourth-order valence-corrected chi connectivity index (χ4v) is 1.83. The monoisotopic (exact) mass is 296 g/mol. The van der Waals surface area contributed by atoms with E-state index in [2.05, 4.69) is 15.9 Å². The second kappa shape index (κ2) is 7.17. The Morgan fingerprint density at radius 3 is 2.67 bits per heavy atom. The molecule has 0 aromatic heterocycles. The van der Waals surface area contributed by atoms with Gasteiger partial charge in [-0.1, -0.05) is 15.9 Å². The molecule has 1 atom stereocenters. The van der Waals surface area contributed by atoms with Crippen LogP contribution in [-0.2, 0) is 0 Å². The van der Waals surface area contributed by atoms with Crippen molar-refractivity contribution < 1.29 is 4.39 Å². The Kier molecular flexibility index (Phi) is 7.09. The summed E-state index contributed by atoms with van der Waals surface area (Å²) in [4.78, 5) is 0. The van der Waals surface area contributed by atoms with E-state index < -0.39 is 0 Å². The fourth-order valence-electron chi connectivity index (χ4n) is 1.29. The smallest absolute Gasteiger partial charge is 0.123 e. The number of benzene rings is 1. The molecule has 0 fully saturated rings. The van der Waals surface area contributed by atoms with Crippen molar-refractivity contribution in [1.82, 2.24) is 0 Å². The number of nitrogens with two attached hydrogens (primary N) is 2. The van der Waals surface area contributed by atoms with Gasteiger partial charge in [-0.05, 0) is 43.1 Å². The summed E-state index contributed by atoms with van der Waals surface area (Å²) < 4.78 is 13.8. The lowest BCUT2D eigenvalue weighted by Crippen LogP contribution is -2.13. The average Bonchev–Trinajstić information content (AvgIpc) is 2.18. The minimum Gasteiger partial charge on any atom is -0.330 e. The van der Waals surface area contributed by atoms with Crippen LogP contribution in [0.3, 0.4) is 0 Å². The Bertz CT molecular complexity index is 309. The van der Waals surface area contributed by atoms with Gasteiger partial charge in [0.1, 0.15) is 5.82 Å². The quantitative estimate of drug-likeness (QED) is 0.898. The van der Waals surface area contributed by atoms with Crippen molar-refractivity contribution in [2.24, 2.45) is 11.5 Å². The molecule has 1 aromatic carbocycles. The molecule has 0 aliphatic rings. The van der Waals surface area contributed by atoms with E-state index in [0.29, 0.717) is 6.54 Å². The van der Waals surface area contributed by atoms with Crippen LogP contribution < -0.4 is 11.5 Å². The van der Waals surface area contributed by atoms with Crippen LogP contribution in [0, 0.1) is 5.82 Å². The molecule has 0 saturated carbocycles. The molecular formula is C10H15BrClFN2. The first-order chi connectivity index (χ1) is 6.65. The lowest BCUT2D eigenvalue weighted by Gasteiger charge is -2.13. The summed E-state index contributed by atoms with van der Waals surface area (Å²) >= 11 is 3.35. The maximum atomic E-state index is 12.9. The third kappa shape index (κ3) is 4.47. The number of halogens is 3. The summed E-state index contributed by atoms with van der Waals surface area (Å²) in [6, 6.07) is 4.39. The van der Waals surface area contributed by atoms with Gasteiger partial charge in [-0.15, -0.1) is 12.4 Å². The van der Waals surface area contributed by atoms with E-state index in [0.717, 1.165) is 22.9 Å². The van der Waals surface area contributed by atoms with Gasteiger partial charge in [0.05, 0.1) is 0 Å². The van der Waals surface area contributed by atoms with Crippen LogP contribution in [0.25, 0.3) is 0 Å². The third-order valence-electron chi connectivity index (χ3n) is 2.08. The maximum Gasteiger partial charge on any atom is 0.123 e. The van der Waals surface area contributed by atoms with Crippen molar-refractivity contribution in [2.45, 2.75) is 18.9 Å². The molecule has 0 spiro atoms. The van der Waals surface area contributed by atoms with E-state index in [1.54, 1.807) is 6.07 Å². The van der Waals surface area contributed by atoms with E-state index in [1.165, 1.54) is 12.1 Å². The average molecular weight is 298 g/mol. The van der Waals surface area contributed by atoms with Crippen molar-refractivity contribution in [3.63, 3.8) is 0 Å². The zero-order chi connectivity index (χ0) is 10.6. The van der Waals surface area contributed by atoms with Gasteiger partial charge in [0.2, 0.25) is 0 Å². The summed E-state index contributed by atoms with van der Waals surface area (Å²) in [6.45, 7) is 0.612. The van der Waals surface area contributed by atoms with Crippen molar-refractivity contribution in [1.29, 1.82) is 0 Å². The molecule has 0 saturated heterocycles. The molecule has 15 heavy (non-hydrogen) atoms. The maximum absolute atomic E-state index is 12.9. The Morgan fingerprint density at radius 2 is 2.07 bits per heavy atom. The molecule has 0 aliphatic carbocycles. The predicted octanol–water partition coefficient (Wildman–Crippen LogP) is 2.75. The first-order valence-corrected chi connectivity index (χ1v) is 5.35. The molecule has 2 nitrogen and oxygen atoms in total. The van der Waals surface area contributed by atoms with Crippen LogP contribution >= 0.6 is 28.3 Å². The topological polar surface area (TPSA) is 52.0 Å². The van der Waals surface area contributed by atoms with Crippen molar-refractivity contribution in [3.8, 4) is 0 Å². The minimum atomic E-state index is -0.258. The molecular weight excluding hydrogens is 282 g/mol. The van der Waals surface area contributed by atoms with Gasteiger partial charge in [0.25, 0.3) is 0 Å². The first kappa shape index (κ1) is 14.8. The van der Waals surface area contributed by atoms with E-state index in [-0.39, 0.29) is 24.3 Å². The predicted molar refractivity (Wildman–Crippen MR) is 66.6 cm³/mol. The molecule has 0 unspecified atom stereocenters. The largest absolute Gasteiger partial charge is 0.330 e. The highest BCUT2D eigenvalue weighted by molar-refractivity contribution is 9.10. The molecule has 0 bridgehead atoms. The van der Waals surface area contributed by atoms with E-state index in [9.17, 15) is 4.39 Å². The van der Waals surface area contributed by atoms with Crippen LogP contribution in [0.5, 0.6) is 0 Å². The standard InChI is InChI=1S/C10H14BrFN2.ClH/c11-9-4-3-7(12)6-8(9)10(14)2-1-5-13;/h3-4,6,10H,1-2,5,13-14H2;1H/t10-;/m0./s1. The molecule has 4 N–H and O–H groups in total. The minimum absolute atomic E-state index is 0. The Hall–Kier alpha value is -0.160. The molecule has 0 aliphatic heterocycles. The van der Waals surface area contributed by atoms with Crippen molar-refractivity contribution in [3.05, 3.63) is 34.1 Å². The van der Waals surface area contributed by atoms with Crippen LogP contribution in [0.4, 0.5) is 4.39 Å². The van der Waals surface area contributed by atoms with Crippen LogP contribution in [0.2, 0.25) is 0 Å². The number of hydrogen-bond acceptors (Lipinski definition) is 2. The second-order valence-corrected chi connectivity index (χ2v) is 4.06. The SMILES string of the molecule is Cl.NCCC[C@H](N)c1cc(F)ccc1Br. The van der Waals surface area contributed by atoms with Gasteiger partial charge in [0, 0.05) is 10.5 Å². The second-order valence-electron chi connectivity index (χ2n) is 3.20. The van der Waals surface area contributed by atoms with Crippen molar-refractivity contribution in [2.75, 3.05) is 6.54 Å². The van der Waals surface area contributed by atoms with Gasteiger partial charge in [-0.2, -0.15) is 0 Å². The number of rotatable bonds is 4. The Balaban J connectivity index is 0.00000196. The molecule has 0 radical (unpaired) electrons.